The lowest BCUT2D eigenvalue weighted by Gasteiger charge is -2.35. The van der Waals surface area contributed by atoms with Gasteiger partial charge in [0.2, 0.25) is 0 Å². The molecule has 0 saturated heterocycles. The predicted molar refractivity (Wildman–Crippen MR) is 84.9 cm³/mol. The molecular formula is C17H25N3O. The van der Waals surface area contributed by atoms with E-state index in [2.05, 4.69) is 31.1 Å². The Balaban J connectivity index is 2.01. The fourth-order valence-electron chi connectivity index (χ4n) is 3.90. The van der Waals surface area contributed by atoms with Crippen LogP contribution in [0.4, 0.5) is 0 Å². The average molecular weight is 287 g/mol. The number of para-hydroxylation sites is 1. The molecule has 114 valence electrons. The Kier molecular flexibility index (Phi) is 3.34. The third kappa shape index (κ3) is 2.17. The van der Waals surface area contributed by atoms with Crippen LogP contribution in [0.5, 0.6) is 0 Å². The van der Waals surface area contributed by atoms with Crippen LogP contribution in [-0.4, -0.2) is 27.5 Å². The van der Waals surface area contributed by atoms with E-state index in [0.717, 1.165) is 30.5 Å². The fourth-order valence-corrected chi connectivity index (χ4v) is 3.90. The van der Waals surface area contributed by atoms with Crippen molar-refractivity contribution in [2.24, 2.45) is 23.6 Å². The minimum atomic E-state index is -0.379. The Morgan fingerprint density at radius 2 is 2.05 bits per heavy atom. The van der Waals surface area contributed by atoms with Crippen molar-refractivity contribution in [1.29, 1.82) is 0 Å². The number of fused-ring (bicyclic) bond motifs is 1. The maximum absolute atomic E-state index is 10.8. The minimum Gasteiger partial charge on any atom is -0.392 e. The molecule has 0 bridgehead atoms. The molecule has 0 amide bonds. The number of nitrogens with two attached hydrogens (primary N) is 1. The zero-order chi connectivity index (χ0) is 15.3. The van der Waals surface area contributed by atoms with Gasteiger partial charge in [-0.15, -0.1) is 0 Å². The van der Waals surface area contributed by atoms with Crippen LogP contribution in [0.15, 0.2) is 24.3 Å². The molecule has 1 saturated carbocycles. The van der Waals surface area contributed by atoms with Crippen LogP contribution in [0.2, 0.25) is 0 Å². The summed E-state index contributed by atoms with van der Waals surface area (Å²) in [5, 5.41) is 16.6. The molecule has 1 aromatic carbocycles. The summed E-state index contributed by atoms with van der Waals surface area (Å²) in [7, 11) is 1.97. The Labute approximate surface area is 125 Å². The first kappa shape index (κ1) is 14.5. The molecule has 4 heteroatoms. The lowest BCUT2D eigenvalue weighted by atomic mass is 9.75. The molecule has 3 N–H and O–H groups in total. The predicted octanol–water partition coefficient (Wildman–Crippen LogP) is 2.24. The highest BCUT2D eigenvalue weighted by atomic mass is 16.3. The molecule has 21 heavy (non-hydrogen) atoms. The molecule has 2 unspecified atom stereocenters. The summed E-state index contributed by atoms with van der Waals surface area (Å²) < 4.78 is 1.92. The number of aryl methyl sites for hydroxylation is 1. The number of hydrogen-bond donors (Lipinski definition) is 2. The second-order valence-electron chi connectivity index (χ2n) is 7.22. The smallest absolute Gasteiger partial charge is 0.0710 e. The Bertz CT molecular complexity index is 661. The first-order valence-corrected chi connectivity index (χ1v) is 7.68. The summed E-state index contributed by atoms with van der Waals surface area (Å²) in [6.45, 7) is 4.76. The molecule has 4 nitrogen and oxygen atoms in total. The van der Waals surface area contributed by atoms with Gasteiger partial charge in [-0.3, -0.25) is 4.68 Å². The quantitative estimate of drug-likeness (QED) is 0.910. The maximum Gasteiger partial charge on any atom is 0.0710 e. The van der Waals surface area contributed by atoms with Crippen molar-refractivity contribution in [1.82, 2.24) is 9.78 Å². The lowest BCUT2D eigenvalue weighted by Crippen LogP contribution is -2.44. The number of aliphatic hydroxyl groups excluding tert-OH is 1. The van der Waals surface area contributed by atoms with E-state index >= 15 is 0 Å². The third-order valence-electron chi connectivity index (χ3n) is 5.35. The first-order chi connectivity index (χ1) is 9.89. The van der Waals surface area contributed by atoms with E-state index < -0.39 is 0 Å². The van der Waals surface area contributed by atoms with Crippen molar-refractivity contribution in [3.8, 4) is 0 Å². The van der Waals surface area contributed by atoms with Gasteiger partial charge in [0.05, 0.1) is 17.3 Å². The molecule has 1 fully saturated rings. The van der Waals surface area contributed by atoms with Crippen molar-refractivity contribution in [3.05, 3.63) is 30.0 Å². The van der Waals surface area contributed by atoms with Gasteiger partial charge in [0, 0.05) is 30.8 Å². The summed E-state index contributed by atoms with van der Waals surface area (Å²) in [6, 6.07) is 8.25. The van der Waals surface area contributed by atoms with Gasteiger partial charge in [0.15, 0.2) is 0 Å². The van der Waals surface area contributed by atoms with Crippen LogP contribution in [0, 0.1) is 10.8 Å². The largest absolute Gasteiger partial charge is 0.392 e. The van der Waals surface area contributed by atoms with Crippen molar-refractivity contribution in [2.75, 3.05) is 6.54 Å². The van der Waals surface area contributed by atoms with Gasteiger partial charge < -0.3 is 10.8 Å². The minimum absolute atomic E-state index is 0.0655. The zero-order valence-corrected chi connectivity index (χ0v) is 13.1. The van der Waals surface area contributed by atoms with Crippen LogP contribution in [-0.2, 0) is 13.5 Å². The van der Waals surface area contributed by atoms with Gasteiger partial charge in [-0.05, 0) is 24.3 Å². The van der Waals surface area contributed by atoms with E-state index in [1.807, 2.05) is 23.9 Å². The van der Waals surface area contributed by atoms with Crippen LogP contribution < -0.4 is 5.73 Å². The summed E-state index contributed by atoms with van der Waals surface area (Å²) >= 11 is 0. The van der Waals surface area contributed by atoms with E-state index in [4.69, 9.17) is 5.73 Å². The van der Waals surface area contributed by atoms with E-state index in [9.17, 15) is 5.11 Å². The third-order valence-corrected chi connectivity index (χ3v) is 5.35. The molecule has 2 atom stereocenters. The number of benzene rings is 1. The summed E-state index contributed by atoms with van der Waals surface area (Å²) in [5.41, 5.74) is 7.95. The second-order valence-corrected chi connectivity index (χ2v) is 7.22. The number of aliphatic hydroxyl groups is 1. The summed E-state index contributed by atoms with van der Waals surface area (Å²) in [4.78, 5) is 0. The zero-order valence-electron chi connectivity index (χ0n) is 13.1. The summed E-state index contributed by atoms with van der Waals surface area (Å²) in [5.74, 6) is 0. The molecule has 2 aromatic rings. The lowest BCUT2D eigenvalue weighted by molar-refractivity contribution is -0.00498. The van der Waals surface area contributed by atoms with Gasteiger partial charge >= 0.3 is 0 Å². The maximum atomic E-state index is 10.8. The summed E-state index contributed by atoms with van der Waals surface area (Å²) in [6.07, 6.45) is 2.34. The highest BCUT2D eigenvalue weighted by Gasteiger charge is 2.51. The van der Waals surface area contributed by atoms with Crippen LogP contribution in [0.1, 0.15) is 32.4 Å². The van der Waals surface area contributed by atoms with E-state index in [1.54, 1.807) is 0 Å². The van der Waals surface area contributed by atoms with Crippen LogP contribution in [0.3, 0.4) is 0 Å². The standard InChI is InChI=1S/C17H25N3O/c1-16(2)8-9-17(11-18,15(16)21)10-13-12-6-4-5-7-14(12)20(3)19-13/h4-7,15,21H,8-11,18H2,1-3H3. The number of rotatable bonds is 3. The van der Waals surface area contributed by atoms with E-state index in [1.165, 1.54) is 5.39 Å². The molecule has 1 aliphatic rings. The van der Waals surface area contributed by atoms with Gasteiger partial charge in [-0.25, -0.2) is 0 Å². The molecule has 0 spiro atoms. The van der Waals surface area contributed by atoms with Gasteiger partial charge in [-0.1, -0.05) is 32.0 Å². The molecular weight excluding hydrogens is 262 g/mol. The van der Waals surface area contributed by atoms with E-state index in [0.29, 0.717) is 6.54 Å². The molecule has 0 aliphatic heterocycles. The van der Waals surface area contributed by atoms with Crippen molar-refractivity contribution in [2.45, 2.75) is 39.2 Å². The SMILES string of the molecule is Cn1nc(CC2(CN)CCC(C)(C)C2O)c2ccccc21. The molecule has 3 rings (SSSR count). The second kappa shape index (κ2) is 4.82. The molecule has 1 heterocycles. The Hall–Kier alpha value is -1.39. The molecule has 1 aliphatic carbocycles. The molecule has 1 aromatic heterocycles. The average Bonchev–Trinajstić information content (AvgIpc) is 2.90. The van der Waals surface area contributed by atoms with E-state index in [-0.39, 0.29) is 16.9 Å². The van der Waals surface area contributed by atoms with Crippen molar-refractivity contribution in [3.63, 3.8) is 0 Å². The number of hydrogen-bond acceptors (Lipinski definition) is 3. The molecule has 0 radical (unpaired) electrons. The fraction of sp³-hybridized carbons (Fsp3) is 0.588. The van der Waals surface area contributed by atoms with Crippen molar-refractivity contribution < 1.29 is 5.11 Å². The first-order valence-electron chi connectivity index (χ1n) is 7.68. The number of aromatic nitrogens is 2. The highest BCUT2D eigenvalue weighted by molar-refractivity contribution is 5.81. The van der Waals surface area contributed by atoms with Crippen molar-refractivity contribution >= 4 is 10.9 Å². The topological polar surface area (TPSA) is 64.1 Å². The normalized spacial score (nSPS) is 28.3. The Morgan fingerprint density at radius 1 is 1.33 bits per heavy atom. The van der Waals surface area contributed by atoms with Crippen LogP contribution >= 0.6 is 0 Å². The number of nitrogens with zero attached hydrogens (tertiary/aromatic N) is 2. The highest BCUT2D eigenvalue weighted by Crippen LogP contribution is 2.50. The Morgan fingerprint density at radius 3 is 2.67 bits per heavy atom. The van der Waals surface area contributed by atoms with Gasteiger partial charge in [-0.2, -0.15) is 5.10 Å². The van der Waals surface area contributed by atoms with Gasteiger partial charge in [0.25, 0.3) is 0 Å². The van der Waals surface area contributed by atoms with Gasteiger partial charge in [0.1, 0.15) is 0 Å². The van der Waals surface area contributed by atoms with Crippen LogP contribution in [0.25, 0.3) is 10.9 Å². The monoisotopic (exact) mass is 287 g/mol.